The molecule has 0 radical (unpaired) electrons. The predicted molar refractivity (Wildman–Crippen MR) is 119 cm³/mol. The summed E-state index contributed by atoms with van der Waals surface area (Å²) >= 11 is 0. The van der Waals surface area contributed by atoms with Gasteiger partial charge in [-0.05, 0) is 52.2 Å². The van der Waals surface area contributed by atoms with Crippen LogP contribution < -0.4 is 20.1 Å². The molecule has 1 saturated heterocycles. The summed E-state index contributed by atoms with van der Waals surface area (Å²) in [5.41, 5.74) is 2.26. The SMILES string of the molecule is CCNC(=NCc1cc2c(cc1OCC)CC(C)O2)NCCCOC1CCOCC1. The average Bonchev–Trinajstić information content (AvgIpc) is 3.11. The van der Waals surface area contributed by atoms with Gasteiger partial charge in [-0.15, -0.1) is 0 Å². The Kier molecular flexibility index (Phi) is 9.08. The molecule has 2 heterocycles. The van der Waals surface area contributed by atoms with E-state index in [4.69, 9.17) is 23.9 Å². The Balaban J connectivity index is 1.51. The topological polar surface area (TPSA) is 73.3 Å². The van der Waals surface area contributed by atoms with Gasteiger partial charge in [-0.25, -0.2) is 4.99 Å². The molecule has 1 aromatic carbocycles. The number of ether oxygens (including phenoxy) is 4. The van der Waals surface area contributed by atoms with E-state index >= 15 is 0 Å². The van der Waals surface area contributed by atoms with Crippen molar-refractivity contribution < 1.29 is 18.9 Å². The van der Waals surface area contributed by atoms with Crippen molar-refractivity contribution in [3.8, 4) is 11.5 Å². The van der Waals surface area contributed by atoms with Crippen LogP contribution >= 0.6 is 0 Å². The Labute approximate surface area is 180 Å². The molecule has 2 aliphatic heterocycles. The Morgan fingerprint density at radius 2 is 2.03 bits per heavy atom. The number of fused-ring (bicyclic) bond motifs is 1. The fraction of sp³-hybridized carbons (Fsp3) is 0.696. The van der Waals surface area contributed by atoms with Crippen LogP contribution in [0.1, 0.15) is 51.2 Å². The zero-order valence-corrected chi connectivity index (χ0v) is 18.7. The van der Waals surface area contributed by atoms with Crippen molar-refractivity contribution in [2.75, 3.05) is 39.5 Å². The number of benzene rings is 1. The highest BCUT2D eigenvalue weighted by Gasteiger charge is 2.21. The van der Waals surface area contributed by atoms with E-state index in [0.29, 0.717) is 19.3 Å². The van der Waals surface area contributed by atoms with Gasteiger partial charge in [0.15, 0.2) is 5.96 Å². The third kappa shape index (κ3) is 6.77. The summed E-state index contributed by atoms with van der Waals surface area (Å²) in [4.78, 5) is 4.76. The smallest absolute Gasteiger partial charge is 0.191 e. The molecule has 30 heavy (non-hydrogen) atoms. The highest BCUT2D eigenvalue weighted by atomic mass is 16.5. The molecule has 7 heteroatoms. The predicted octanol–water partition coefficient (Wildman–Crippen LogP) is 3.05. The largest absolute Gasteiger partial charge is 0.494 e. The molecule has 0 spiro atoms. The third-order valence-electron chi connectivity index (χ3n) is 5.27. The molecule has 1 aromatic rings. The first-order valence-corrected chi connectivity index (χ1v) is 11.4. The maximum absolute atomic E-state index is 5.94. The molecule has 1 fully saturated rings. The summed E-state index contributed by atoms with van der Waals surface area (Å²) in [6.07, 6.45) is 4.44. The van der Waals surface area contributed by atoms with Crippen LogP contribution in [0, 0.1) is 0 Å². The Morgan fingerprint density at radius 3 is 2.80 bits per heavy atom. The minimum Gasteiger partial charge on any atom is -0.494 e. The van der Waals surface area contributed by atoms with Crippen LogP contribution in [-0.2, 0) is 22.4 Å². The Bertz CT molecular complexity index is 689. The Morgan fingerprint density at radius 1 is 1.20 bits per heavy atom. The van der Waals surface area contributed by atoms with Crippen LogP contribution in [0.2, 0.25) is 0 Å². The summed E-state index contributed by atoms with van der Waals surface area (Å²) in [6, 6.07) is 4.19. The van der Waals surface area contributed by atoms with Crippen molar-refractivity contribution in [1.82, 2.24) is 10.6 Å². The fourth-order valence-electron chi connectivity index (χ4n) is 3.77. The van der Waals surface area contributed by atoms with Crippen molar-refractivity contribution in [3.63, 3.8) is 0 Å². The van der Waals surface area contributed by atoms with E-state index < -0.39 is 0 Å². The summed E-state index contributed by atoms with van der Waals surface area (Å²) in [6.45, 7) is 11.4. The monoisotopic (exact) mass is 419 g/mol. The molecule has 1 unspecified atom stereocenters. The fourth-order valence-corrected chi connectivity index (χ4v) is 3.77. The van der Waals surface area contributed by atoms with Gasteiger partial charge in [0.05, 0.1) is 19.3 Å². The molecule has 0 aliphatic carbocycles. The second-order valence-electron chi connectivity index (χ2n) is 7.79. The molecular weight excluding hydrogens is 382 g/mol. The molecule has 0 aromatic heterocycles. The van der Waals surface area contributed by atoms with Gasteiger partial charge in [0.25, 0.3) is 0 Å². The van der Waals surface area contributed by atoms with Gasteiger partial charge in [-0.2, -0.15) is 0 Å². The lowest BCUT2D eigenvalue weighted by Gasteiger charge is -2.22. The highest BCUT2D eigenvalue weighted by molar-refractivity contribution is 5.79. The van der Waals surface area contributed by atoms with Crippen molar-refractivity contribution in [3.05, 3.63) is 23.3 Å². The highest BCUT2D eigenvalue weighted by Crippen LogP contribution is 2.35. The van der Waals surface area contributed by atoms with Gasteiger partial charge >= 0.3 is 0 Å². The van der Waals surface area contributed by atoms with Crippen LogP contribution in [0.4, 0.5) is 0 Å². The number of aliphatic imine (C=N–C) groups is 1. The van der Waals surface area contributed by atoms with E-state index in [1.54, 1.807) is 0 Å². The summed E-state index contributed by atoms with van der Waals surface area (Å²) in [5.74, 6) is 2.67. The standard InChI is InChI=1S/C23H37N3O4/c1-4-24-23(25-9-6-10-29-20-7-11-27-12-8-20)26-16-19-15-22-18(13-17(3)30-22)14-21(19)28-5-2/h14-15,17,20H,4-13,16H2,1-3H3,(H2,24,25,26). The molecule has 0 saturated carbocycles. The van der Waals surface area contributed by atoms with E-state index in [0.717, 1.165) is 81.6 Å². The lowest BCUT2D eigenvalue weighted by Crippen LogP contribution is -2.38. The molecule has 2 aliphatic rings. The first-order valence-electron chi connectivity index (χ1n) is 11.4. The average molecular weight is 420 g/mol. The zero-order valence-electron chi connectivity index (χ0n) is 18.7. The zero-order chi connectivity index (χ0) is 21.2. The van der Waals surface area contributed by atoms with E-state index in [1.165, 1.54) is 5.56 Å². The molecule has 0 bridgehead atoms. The van der Waals surface area contributed by atoms with Crippen LogP contribution in [0.3, 0.4) is 0 Å². The second kappa shape index (κ2) is 12.0. The van der Waals surface area contributed by atoms with Crippen LogP contribution in [0.5, 0.6) is 11.5 Å². The number of guanidine groups is 1. The molecule has 0 amide bonds. The van der Waals surface area contributed by atoms with Crippen molar-refractivity contribution in [2.45, 2.75) is 65.2 Å². The first-order chi connectivity index (χ1) is 14.7. The van der Waals surface area contributed by atoms with Crippen LogP contribution in [0.15, 0.2) is 17.1 Å². The van der Waals surface area contributed by atoms with Crippen molar-refractivity contribution >= 4 is 5.96 Å². The quantitative estimate of drug-likeness (QED) is 0.345. The molecular formula is C23H37N3O4. The van der Waals surface area contributed by atoms with E-state index in [1.807, 2.05) is 6.92 Å². The molecule has 1 atom stereocenters. The Hall–Kier alpha value is -1.99. The number of hydrogen-bond donors (Lipinski definition) is 2. The normalized spacial score (nSPS) is 19.3. The molecule has 7 nitrogen and oxygen atoms in total. The minimum absolute atomic E-state index is 0.218. The summed E-state index contributed by atoms with van der Waals surface area (Å²) in [5, 5.41) is 6.72. The second-order valence-corrected chi connectivity index (χ2v) is 7.79. The summed E-state index contributed by atoms with van der Waals surface area (Å²) in [7, 11) is 0. The summed E-state index contributed by atoms with van der Waals surface area (Å²) < 4.78 is 23.1. The first kappa shape index (κ1) is 22.7. The van der Waals surface area contributed by atoms with Crippen molar-refractivity contribution in [1.29, 1.82) is 0 Å². The van der Waals surface area contributed by atoms with Crippen LogP contribution in [0.25, 0.3) is 0 Å². The van der Waals surface area contributed by atoms with Gasteiger partial charge < -0.3 is 29.6 Å². The van der Waals surface area contributed by atoms with Gasteiger partial charge in [0.1, 0.15) is 17.6 Å². The third-order valence-corrected chi connectivity index (χ3v) is 5.27. The molecule has 168 valence electrons. The minimum atomic E-state index is 0.218. The number of rotatable bonds is 10. The number of nitrogens with zero attached hydrogens (tertiary/aromatic N) is 1. The lowest BCUT2D eigenvalue weighted by molar-refractivity contribution is -0.0320. The van der Waals surface area contributed by atoms with Crippen LogP contribution in [-0.4, -0.2) is 57.7 Å². The van der Waals surface area contributed by atoms with Gasteiger partial charge in [-0.1, -0.05) is 0 Å². The number of hydrogen-bond acceptors (Lipinski definition) is 5. The number of nitrogens with one attached hydrogen (secondary N) is 2. The van der Waals surface area contributed by atoms with E-state index in [-0.39, 0.29) is 6.10 Å². The van der Waals surface area contributed by atoms with E-state index in [9.17, 15) is 0 Å². The lowest BCUT2D eigenvalue weighted by atomic mass is 10.1. The maximum Gasteiger partial charge on any atom is 0.191 e. The van der Waals surface area contributed by atoms with Gasteiger partial charge in [-0.3, -0.25) is 0 Å². The van der Waals surface area contributed by atoms with E-state index in [2.05, 4.69) is 36.6 Å². The van der Waals surface area contributed by atoms with Gasteiger partial charge in [0.2, 0.25) is 0 Å². The molecule has 2 N–H and O–H groups in total. The molecule has 3 rings (SSSR count). The van der Waals surface area contributed by atoms with Crippen molar-refractivity contribution in [2.24, 2.45) is 4.99 Å². The van der Waals surface area contributed by atoms with Gasteiger partial charge in [0, 0.05) is 50.5 Å². The maximum atomic E-state index is 5.94.